The lowest BCUT2D eigenvalue weighted by Crippen LogP contribution is -2.29. The molecule has 0 atom stereocenters. The van der Waals surface area contributed by atoms with E-state index in [4.69, 9.17) is 9.47 Å². The van der Waals surface area contributed by atoms with Gasteiger partial charge in [-0.1, -0.05) is 0 Å². The maximum Gasteiger partial charge on any atom is 0.268 e. The van der Waals surface area contributed by atoms with Gasteiger partial charge in [-0.15, -0.1) is 0 Å². The molecule has 0 fully saturated rings. The lowest BCUT2D eigenvalue weighted by molar-refractivity contribution is 0.102. The average molecular weight is 514 g/mol. The number of rotatable bonds is 6. The summed E-state index contributed by atoms with van der Waals surface area (Å²) in [6.07, 6.45) is 4.51. The Labute approximate surface area is 215 Å². The van der Waals surface area contributed by atoms with E-state index in [2.05, 4.69) is 15.3 Å². The molecule has 0 saturated heterocycles. The highest BCUT2D eigenvalue weighted by Gasteiger charge is 2.18. The van der Waals surface area contributed by atoms with Crippen LogP contribution in [0.1, 0.15) is 15.9 Å². The maximum atomic E-state index is 15.0. The Kier molecular flexibility index (Phi) is 6.53. The van der Waals surface area contributed by atoms with Gasteiger partial charge in [-0.25, -0.2) is 13.8 Å². The third-order valence-corrected chi connectivity index (χ3v) is 5.79. The zero-order valence-electron chi connectivity index (χ0n) is 20.2. The van der Waals surface area contributed by atoms with Crippen LogP contribution in [0.4, 0.5) is 14.5 Å². The summed E-state index contributed by atoms with van der Waals surface area (Å²) >= 11 is 0. The van der Waals surface area contributed by atoms with E-state index in [0.717, 1.165) is 6.07 Å². The number of carbonyl (C=O) groups excluding carboxylic acids is 1. The molecular formula is C28H20F2N4O4. The summed E-state index contributed by atoms with van der Waals surface area (Å²) < 4.78 is 40.4. The van der Waals surface area contributed by atoms with Crippen molar-refractivity contribution in [3.8, 4) is 22.9 Å². The highest BCUT2D eigenvalue weighted by atomic mass is 19.1. The van der Waals surface area contributed by atoms with Crippen LogP contribution in [0, 0.1) is 18.6 Å². The standard InChI is InChI=1S/C28H20F2N4O4/c1-16-10-12-34(19-6-3-17(29)4-7-19)28(36)25(16)27(35)33-18-5-8-23(21(30)13-18)38-24-9-11-31-22-14-20(37-2)15-32-26(22)24/h3-15H,1-2H3,(H,33,35). The molecule has 5 rings (SSSR count). The number of carbonyl (C=O) groups is 1. The van der Waals surface area contributed by atoms with Gasteiger partial charge in [0.1, 0.15) is 22.6 Å². The Morgan fingerprint density at radius 3 is 2.50 bits per heavy atom. The third-order valence-electron chi connectivity index (χ3n) is 5.79. The largest absolute Gasteiger partial charge is 0.495 e. The van der Waals surface area contributed by atoms with Crippen molar-refractivity contribution in [1.82, 2.24) is 14.5 Å². The van der Waals surface area contributed by atoms with Crippen LogP contribution in [-0.4, -0.2) is 27.6 Å². The number of fused-ring (bicyclic) bond motifs is 1. The Balaban J connectivity index is 1.39. The normalized spacial score (nSPS) is 10.8. The number of hydrogen-bond donors (Lipinski definition) is 1. The van der Waals surface area contributed by atoms with E-state index in [1.807, 2.05) is 0 Å². The summed E-state index contributed by atoms with van der Waals surface area (Å²) in [4.78, 5) is 34.6. The topological polar surface area (TPSA) is 95.3 Å². The first-order chi connectivity index (χ1) is 18.3. The second-order valence-electron chi connectivity index (χ2n) is 8.28. The molecule has 0 radical (unpaired) electrons. The van der Waals surface area contributed by atoms with Crippen molar-refractivity contribution >= 4 is 22.6 Å². The molecular weight excluding hydrogens is 494 g/mol. The number of methoxy groups -OCH3 is 1. The van der Waals surface area contributed by atoms with Gasteiger partial charge in [-0.2, -0.15) is 0 Å². The van der Waals surface area contributed by atoms with E-state index in [1.54, 1.807) is 25.1 Å². The van der Waals surface area contributed by atoms with Gasteiger partial charge in [-0.05, 0) is 55.0 Å². The first-order valence-electron chi connectivity index (χ1n) is 11.4. The van der Waals surface area contributed by atoms with Crippen molar-refractivity contribution in [3.05, 3.63) is 112 Å². The summed E-state index contributed by atoms with van der Waals surface area (Å²) in [6.45, 7) is 1.62. The van der Waals surface area contributed by atoms with Crippen LogP contribution in [-0.2, 0) is 0 Å². The number of anilines is 1. The number of aryl methyl sites for hydroxylation is 1. The summed E-state index contributed by atoms with van der Waals surface area (Å²) in [7, 11) is 1.51. The van der Waals surface area contributed by atoms with E-state index in [1.165, 1.54) is 66.7 Å². The predicted molar refractivity (Wildman–Crippen MR) is 137 cm³/mol. The first kappa shape index (κ1) is 24.6. The molecule has 1 amide bonds. The van der Waals surface area contributed by atoms with Crippen LogP contribution >= 0.6 is 0 Å². The van der Waals surface area contributed by atoms with Gasteiger partial charge >= 0.3 is 0 Å². The van der Waals surface area contributed by atoms with Gasteiger partial charge in [0, 0.05) is 42.0 Å². The number of amides is 1. The second-order valence-corrected chi connectivity index (χ2v) is 8.28. The molecule has 2 aromatic carbocycles. The van der Waals surface area contributed by atoms with Crippen LogP contribution < -0.4 is 20.3 Å². The van der Waals surface area contributed by atoms with Crippen molar-refractivity contribution in [3.63, 3.8) is 0 Å². The minimum absolute atomic E-state index is 0.0947. The van der Waals surface area contributed by atoms with Gasteiger partial charge in [-0.3, -0.25) is 19.1 Å². The van der Waals surface area contributed by atoms with Crippen molar-refractivity contribution in [1.29, 1.82) is 0 Å². The van der Waals surface area contributed by atoms with Crippen LogP contribution in [0.2, 0.25) is 0 Å². The number of aromatic nitrogens is 3. The number of nitrogens with one attached hydrogen (secondary N) is 1. The highest BCUT2D eigenvalue weighted by Crippen LogP contribution is 2.31. The molecule has 0 aliphatic carbocycles. The number of nitrogens with zero attached hydrogens (tertiary/aromatic N) is 3. The first-order valence-corrected chi connectivity index (χ1v) is 11.4. The minimum atomic E-state index is -0.741. The van der Waals surface area contributed by atoms with Crippen LogP contribution in [0.3, 0.4) is 0 Å². The smallest absolute Gasteiger partial charge is 0.268 e. The molecule has 3 aromatic heterocycles. The van der Waals surface area contributed by atoms with Crippen LogP contribution in [0.5, 0.6) is 17.2 Å². The molecule has 0 bridgehead atoms. The van der Waals surface area contributed by atoms with Gasteiger partial charge in [0.2, 0.25) is 0 Å². The predicted octanol–water partition coefficient (Wildman–Crippen LogP) is 5.42. The van der Waals surface area contributed by atoms with Crippen molar-refractivity contribution in [2.24, 2.45) is 0 Å². The molecule has 0 spiro atoms. The lowest BCUT2D eigenvalue weighted by atomic mass is 10.1. The fourth-order valence-corrected chi connectivity index (χ4v) is 3.86. The summed E-state index contributed by atoms with van der Waals surface area (Å²) in [5.41, 5.74) is 1.16. The number of ether oxygens (including phenoxy) is 2. The van der Waals surface area contributed by atoms with E-state index in [-0.39, 0.29) is 22.7 Å². The zero-order chi connectivity index (χ0) is 26.8. The number of benzene rings is 2. The molecule has 0 unspecified atom stereocenters. The van der Waals surface area contributed by atoms with Crippen molar-refractivity contribution in [2.75, 3.05) is 12.4 Å². The zero-order valence-corrected chi connectivity index (χ0v) is 20.2. The van der Waals surface area contributed by atoms with Crippen molar-refractivity contribution < 1.29 is 23.0 Å². The lowest BCUT2D eigenvalue weighted by Gasteiger charge is -2.13. The number of pyridine rings is 3. The van der Waals surface area contributed by atoms with Gasteiger partial charge in [0.05, 0.1) is 18.8 Å². The fraction of sp³-hybridized carbons (Fsp3) is 0.0714. The Morgan fingerprint density at radius 2 is 1.76 bits per heavy atom. The Bertz CT molecular complexity index is 1740. The third kappa shape index (κ3) is 4.79. The quantitative estimate of drug-likeness (QED) is 0.325. The molecule has 0 saturated carbocycles. The summed E-state index contributed by atoms with van der Waals surface area (Å²) in [6, 6.07) is 14.0. The van der Waals surface area contributed by atoms with E-state index < -0.39 is 23.1 Å². The molecule has 0 aliphatic heterocycles. The maximum absolute atomic E-state index is 15.0. The molecule has 3 heterocycles. The van der Waals surface area contributed by atoms with E-state index in [9.17, 15) is 18.4 Å². The molecule has 190 valence electrons. The van der Waals surface area contributed by atoms with Crippen LogP contribution in [0.15, 0.2) is 84.0 Å². The second kappa shape index (κ2) is 10.1. The highest BCUT2D eigenvalue weighted by molar-refractivity contribution is 6.05. The summed E-state index contributed by atoms with van der Waals surface area (Å²) in [5, 5.41) is 2.56. The monoisotopic (exact) mass is 514 g/mol. The van der Waals surface area contributed by atoms with Crippen LogP contribution in [0.25, 0.3) is 16.7 Å². The molecule has 38 heavy (non-hydrogen) atoms. The molecule has 5 aromatic rings. The average Bonchev–Trinajstić information content (AvgIpc) is 2.91. The molecule has 1 N–H and O–H groups in total. The Morgan fingerprint density at radius 1 is 0.974 bits per heavy atom. The molecule has 0 aliphatic rings. The minimum Gasteiger partial charge on any atom is -0.495 e. The Hall–Kier alpha value is -5.12. The van der Waals surface area contributed by atoms with E-state index >= 15 is 0 Å². The van der Waals surface area contributed by atoms with E-state index in [0.29, 0.717) is 28.0 Å². The fourth-order valence-electron chi connectivity index (χ4n) is 3.86. The molecule has 10 heteroatoms. The summed E-state index contributed by atoms with van der Waals surface area (Å²) in [5.74, 6) is -1.19. The van der Waals surface area contributed by atoms with Gasteiger partial charge < -0.3 is 14.8 Å². The molecule has 8 nitrogen and oxygen atoms in total. The van der Waals surface area contributed by atoms with Crippen molar-refractivity contribution in [2.45, 2.75) is 6.92 Å². The number of halogens is 2. The number of hydrogen-bond acceptors (Lipinski definition) is 6. The van der Waals surface area contributed by atoms with Gasteiger partial charge in [0.25, 0.3) is 11.5 Å². The van der Waals surface area contributed by atoms with Gasteiger partial charge in [0.15, 0.2) is 17.3 Å². The SMILES string of the molecule is COc1cnc2c(Oc3ccc(NC(=O)c4c(C)ccn(-c5ccc(F)cc5)c4=O)cc3F)ccnc2c1.